The Hall–Kier alpha value is -2.24. The highest BCUT2D eigenvalue weighted by atomic mass is 16.5. The average Bonchev–Trinajstić information content (AvgIpc) is 2.53. The van der Waals surface area contributed by atoms with Crippen molar-refractivity contribution < 1.29 is 14.3 Å². The van der Waals surface area contributed by atoms with Gasteiger partial charge in [0.1, 0.15) is 6.54 Å². The Balaban J connectivity index is 1.83. The molecule has 0 saturated carbocycles. The molecule has 0 spiro atoms. The van der Waals surface area contributed by atoms with Crippen LogP contribution in [0.3, 0.4) is 0 Å². The summed E-state index contributed by atoms with van der Waals surface area (Å²) in [5.41, 5.74) is 3.73. The number of hydrogen-bond donors (Lipinski definition) is 1. The summed E-state index contributed by atoms with van der Waals surface area (Å²) in [5.74, 6) is -0.408. The van der Waals surface area contributed by atoms with Crippen molar-refractivity contribution in [1.82, 2.24) is 10.2 Å². The number of ether oxygens (including phenoxy) is 1. The van der Waals surface area contributed by atoms with Gasteiger partial charge in [-0.25, -0.2) is 4.79 Å². The molecule has 126 valence electrons. The van der Waals surface area contributed by atoms with Crippen molar-refractivity contribution in [2.24, 2.45) is 0 Å². The lowest BCUT2D eigenvalue weighted by molar-refractivity contribution is -0.141. The van der Waals surface area contributed by atoms with E-state index in [-0.39, 0.29) is 12.6 Å². The van der Waals surface area contributed by atoms with E-state index in [1.165, 1.54) is 16.8 Å². The molecule has 1 aromatic carbocycles. The van der Waals surface area contributed by atoms with E-state index in [0.29, 0.717) is 19.7 Å². The Kier molecular flexibility index (Phi) is 5.84. The summed E-state index contributed by atoms with van der Waals surface area (Å²) in [6, 6.07) is 6.22. The molecular weight excluding hydrogens is 294 g/mol. The number of esters is 1. The van der Waals surface area contributed by atoms with Crippen molar-refractivity contribution in [2.75, 3.05) is 44.2 Å². The standard InChI is InChI=1S/C17H25N3O3/c1-4-23-16(21)12-18-17(22)20-9-7-19(8-10-20)15-6-5-13(2)11-14(15)3/h5-6,11H,4,7-10,12H2,1-3H3,(H,18,22). The molecule has 1 heterocycles. The maximum Gasteiger partial charge on any atom is 0.325 e. The van der Waals surface area contributed by atoms with E-state index in [1.807, 2.05) is 0 Å². The quantitative estimate of drug-likeness (QED) is 0.858. The zero-order chi connectivity index (χ0) is 16.8. The number of amides is 2. The Bertz CT molecular complexity index is 566. The van der Waals surface area contributed by atoms with Crippen molar-refractivity contribution in [3.8, 4) is 0 Å². The molecule has 23 heavy (non-hydrogen) atoms. The maximum absolute atomic E-state index is 12.1. The number of nitrogens with zero attached hydrogens (tertiary/aromatic N) is 2. The van der Waals surface area contributed by atoms with Crippen LogP contribution >= 0.6 is 0 Å². The average molecular weight is 319 g/mol. The summed E-state index contributed by atoms with van der Waals surface area (Å²) in [7, 11) is 0. The van der Waals surface area contributed by atoms with Gasteiger partial charge in [-0.15, -0.1) is 0 Å². The summed E-state index contributed by atoms with van der Waals surface area (Å²) < 4.78 is 4.80. The molecular formula is C17H25N3O3. The third kappa shape index (κ3) is 4.61. The molecule has 2 rings (SSSR count). The van der Waals surface area contributed by atoms with Gasteiger partial charge in [0.2, 0.25) is 0 Å². The van der Waals surface area contributed by atoms with E-state index in [1.54, 1.807) is 11.8 Å². The fourth-order valence-electron chi connectivity index (χ4n) is 2.78. The van der Waals surface area contributed by atoms with Crippen LogP contribution in [0.15, 0.2) is 18.2 Å². The Labute approximate surface area is 137 Å². The predicted molar refractivity (Wildman–Crippen MR) is 89.7 cm³/mol. The van der Waals surface area contributed by atoms with Gasteiger partial charge in [-0.2, -0.15) is 0 Å². The fourth-order valence-corrected chi connectivity index (χ4v) is 2.78. The van der Waals surface area contributed by atoms with Crippen molar-refractivity contribution in [2.45, 2.75) is 20.8 Å². The molecule has 1 saturated heterocycles. The first kappa shape index (κ1) is 17.1. The monoisotopic (exact) mass is 319 g/mol. The highest BCUT2D eigenvalue weighted by molar-refractivity contribution is 5.81. The number of piperazine rings is 1. The van der Waals surface area contributed by atoms with Crippen LogP contribution < -0.4 is 10.2 Å². The van der Waals surface area contributed by atoms with Crippen LogP contribution in [-0.2, 0) is 9.53 Å². The van der Waals surface area contributed by atoms with Crippen LogP contribution in [0, 0.1) is 13.8 Å². The molecule has 6 nitrogen and oxygen atoms in total. The zero-order valence-corrected chi connectivity index (χ0v) is 14.1. The second kappa shape index (κ2) is 7.85. The van der Waals surface area contributed by atoms with E-state index >= 15 is 0 Å². The summed E-state index contributed by atoms with van der Waals surface area (Å²) in [5, 5.41) is 2.60. The molecule has 1 N–H and O–H groups in total. The molecule has 1 aliphatic rings. The minimum atomic E-state index is -0.408. The number of nitrogens with one attached hydrogen (secondary N) is 1. The van der Waals surface area contributed by atoms with Gasteiger partial charge >= 0.3 is 12.0 Å². The number of hydrogen-bond acceptors (Lipinski definition) is 4. The minimum absolute atomic E-state index is 0.0794. The van der Waals surface area contributed by atoms with Gasteiger partial charge in [0.15, 0.2) is 0 Å². The molecule has 1 fully saturated rings. The van der Waals surface area contributed by atoms with Crippen molar-refractivity contribution in [3.05, 3.63) is 29.3 Å². The number of aryl methyl sites for hydroxylation is 2. The molecule has 2 amide bonds. The second-order valence-electron chi connectivity index (χ2n) is 5.73. The second-order valence-corrected chi connectivity index (χ2v) is 5.73. The van der Waals surface area contributed by atoms with Crippen LogP contribution in [0.1, 0.15) is 18.1 Å². The van der Waals surface area contributed by atoms with Crippen LogP contribution in [0.4, 0.5) is 10.5 Å². The van der Waals surface area contributed by atoms with Crippen LogP contribution in [0.5, 0.6) is 0 Å². The van der Waals surface area contributed by atoms with Gasteiger partial charge in [0.25, 0.3) is 0 Å². The predicted octanol–water partition coefficient (Wildman–Crippen LogP) is 1.70. The van der Waals surface area contributed by atoms with Gasteiger partial charge in [-0.3, -0.25) is 4.79 Å². The third-order valence-corrected chi connectivity index (χ3v) is 3.95. The first-order valence-corrected chi connectivity index (χ1v) is 8.02. The number of urea groups is 1. The normalized spacial score (nSPS) is 14.6. The van der Waals surface area contributed by atoms with E-state index in [9.17, 15) is 9.59 Å². The van der Waals surface area contributed by atoms with E-state index in [4.69, 9.17) is 4.74 Å². The summed E-state index contributed by atoms with van der Waals surface area (Å²) in [4.78, 5) is 27.3. The van der Waals surface area contributed by atoms with Gasteiger partial charge in [0.05, 0.1) is 6.61 Å². The lowest BCUT2D eigenvalue weighted by Gasteiger charge is -2.36. The number of benzene rings is 1. The Morgan fingerprint density at radius 1 is 1.17 bits per heavy atom. The van der Waals surface area contributed by atoms with E-state index in [0.717, 1.165) is 13.1 Å². The van der Waals surface area contributed by atoms with E-state index < -0.39 is 5.97 Å². The maximum atomic E-state index is 12.1. The van der Waals surface area contributed by atoms with Crippen LogP contribution in [0.25, 0.3) is 0 Å². The highest BCUT2D eigenvalue weighted by Gasteiger charge is 2.22. The molecule has 0 bridgehead atoms. The molecule has 0 unspecified atom stereocenters. The highest BCUT2D eigenvalue weighted by Crippen LogP contribution is 2.22. The van der Waals surface area contributed by atoms with Gasteiger partial charge in [-0.1, -0.05) is 17.7 Å². The zero-order valence-electron chi connectivity index (χ0n) is 14.1. The van der Waals surface area contributed by atoms with Crippen molar-refractivity contribution in [1.29, 1.82) is 0 Å². The largest absolute Gasteiger partial charge is 0.465 e. The number of anilines is 1. The molecule has 0 radical (unpaired) electrons. The summed E-state index contributed by atoms with van der Waals surface area (Å²) in [6.07, 6.45) is 0. The minimum Gasteiger partial charge on any atom is -0.465 e. The van der Waals surface area contributed by atoms with Crippen LogP contribution in [-0.4, -0.2) is 56.2 Å². The Morgan fingerprint density at radius 2 is 1.87 bits per heavy atom. The van der Waals surface area contributed by atoms with Crippen LogP contribution in [0.2, 0.25) is 0 Å². The van der Waals surface area contributed by atoms with Crippen molar-refractivity contribution in [3.63, 3.8) is 0 Å². The number of rotatable bonds is 4. The summed E-state index contributed by atoms with van der Waals surface area (Å²) in [6.45, 7) is 9.04. The molecule has 0 aromatic heterocycles. The fraction of sp³-hybridized carbons (Fsp3) is 0.529. The molecule has 1 aromatic rings. The lowest BCUT2D eigenvalue weighted by Crippen LogP contribution is -2.52. The molecule has 0 atom stereocenters. The van der Waals surface area contributed by atoms with Crippen molar-refractivity contribution >= 4 is 17.7 Å². The number of carbonyl (C=O) groups excluding carboxylic acids is 2. The third-order valence-electron chi connectivity index (χ3n) is 3.95. The summed E-state index contributed by atoms with van der Waals surface area (Å²) >= 11 is 0. The van der Waals surface area contributed by atoms with Gasteiger partial charge in [0, 0.05) is 31.9 Å². The SMILES string of the molecule is CCOC(=O)CNC(=O)N1CCN(c2ccc(C)cc2C)CC1. The Morgan fingerprint density at radius 3 is 2.48 bits per heavy atom. The first-order chi connectivity index (χ1) is 11.0. The smallest absolute Gasteiger partial charge is 0.325 e. The van der Waals surface area contributed by atoms with Gasteiger partial charge in [-0.05, 0) is 32.4 Å². The lowest BCUT2D eigenvalue weighted by atomic mass is 10.1. The topological polar surface area (TPSA) is 61.9 Å². The van der Waals surface area contributed by atoms with E-state index in [2.05, 4.69) is 42.3 Å². The molecule has 0 aliphatic carbocycles. The molecule has 6 heteroatoms. The molecule has 1 aliphatic heterocycles. The van der Waals surface area contributed by atoms with Gasteiger partial charge < -0.3 is 19.9 Å². The first-order valence-electron chi connectivity index (χ1n) is 8.02. The number of carbonyl (C=O) groups is 2.